The third kappa shape index (κ3) is 3.98. The number of benzene rings is 2. The summed E-state index contributed by atoms with van der Waals surface area (Å²) in [6.45, 7) is 4.90. The number of aromatic nitrogens is 4. The van der Waals surface area contributed by atoms with Crippen molar-refractivity contribution in [1.82, 2.24) is 19.6 Å². The van der Waals surface area contributed by atoms with Crippen LogP contribution in [0.15, 0.2) is 73.1 Å². The molecule has 1 atom stereocenters. The molecular weight excluding hydrogens is 362 g/mol. The Morgan fingerprint density at radius 2 is 1.72 bits per heavy atom. The Balaban J connectivity index is 1.68. The average molecular weight is 387 g/mol. The summed E-state index contributed by atoms with van der Waals surface area (Å²) in [6, 6.07) is 22.3. The monoisotopic (exact) mass is 387 g/mol. The van der Waals surface area contributed by atoms with Crippen LogP contribution in [0.4, 0.5) is 5.82 Å². The number of nitrogens with zero attached hydrogens (tertiary/aromatic N) is 4. The zero-order valence-corrected chi connectivity index (χ0v) is 16.7. The summed E-state index contributed by atoms with van der Waals surface area (Å²) in [5.74, 6) is 1.48. The molecule has 2 aromatic heterocycles. The minimum Gasteiger partial charge on any atom is -0.396 e. The summed E-state index contributed by atoms with van der Waals surface area (Å²) in [5, 5.41) is 17.8. The van der Waals surface area contributed by atoms with Gasteiger partial charge in [-0.1, -0.05) is 74.5 Å². The lowest BCUT2D eigenvalue weighted by Gasteiger charge is -2.33. The molecule has 0 aliphatic carbocycles. The Kier molecular flexibility index (Phi) is 5.27. The average Bonchev–Trinajstić information content (AvgIpc) is 3.24. The molecule has 0 radical (unpaired) electrons. The second kappa shape index (κ2) is 8.01. The number of aliphatic hydroxyl groups is 1. The summed E-state index contributed by atoms with van der Waals surface area (Å²) < 4.78 is 1.71. The molecule has 29 heavy (non-hydrogen) atoms. The van der Waals surface area contributed by atoms with Crippen LogP contribution in [0.2, 0.25) is 0 Å². The molecule has 2 heterocycles. The first-order valence-electron chi connectivity index (χ1n) is 9.74. The lowest BCUT2D eigenvalue weighted by molar-refractivity contribution is 0.134. The highest BCUT2D eigenvalue weighted by Crippen LogP contribution is 2.35. The zero-order valence-electron chi connectivity index (χ0n) is 16.7. The van der Waals surface area contributed by atoms with Gasteiger partial charge in [0.15, 0.2) is 0 Å². The van der Waals surface area contributed by atoms with Crippen LogP contribution in [-0.2, 0) is 0 Å². The van der Waals surface area contributed by atoms with Crippen molar-refractivity contribution in [2.45, 2.75) is 19.8 Å². The molecule has 6 nitrogen and oxygen atoms in total. The van der Waals surface area contributed by atoms with E-state index >= 15 is 0 Å². The number of fused-ring (bicyclic) bond motifs is 1. The predicted molar refractivity (Wildman–Crippen MR) is 115 cm³/mol. The van der Waals surface area contributed by atoms with Crippen molar-refractivity contribution in [3.8, 4) is 11.3 Å². The fraction of sp³-hybridized carbons (Fsp3) is 0.261. The molecule has 0 saturated heterocycles. The van der Waals surface area contributed by atoms with E-state index in [1.54, 1.807) is 4.52 Å². The fourth-order valence-corrected chi connectivity index (χ4v) is 3.54. The molecule has 0 spiro atoms. The number of anilines is 1. The summed E-state index contributed by atoms with van der Waals surface area (Å²) in [5.41, 5.74) is 2.76. The largest absolute Gasteiger partial charge is 0.396 e. The van der Waals surface area contributed by atoms with Gasteiger partial charge in [-0.2, -0.15) is 14.6 Å². The van der Waals surface area contributed by atoms with Crippen LogP contribution in [0.5, 0.6) is 0 Å². The Morgan fingerprint density at radius 3 is 2.41 bits per heavy atom. The van der Waals surface area contributed by atoms with E-state index < -0.39 is 0 Å². The van der Waals surface area contributed by atoms with Gasteiger partial charge < -0.3 is 10.4 Å². The highest BCUT2D eigenvalue weighted by Gasteiger charge is 2.30. The Hall–Kier alpha value is -3.25. The van der Waals surface area contributed by atoms with E-state index in [1.807, 2.05) is 54.6 Å². The predicted octanol–water partition coefficient (Wildman–Crippen LogP) is 4.01. The minimum absolute atomic E-state index is 0.0958. The Labute approximate surface area is 170 Å². The van der Waals surface area contributed by atoms with Gasteiger partial charge in [0.25, 0.3) is 5.78 Å². The maximum atomic E-state index is 9.99. The third-order valence-corrected chi connectivity index (χ3v) is 5.36. The number of hydrogen-bond donors (Lipinski definition) is 2. The Bertz CT molecular complexity index is 1080. The lowest BCUT2D eigenvalue weighted by Crippen LogP contribution is -2.31. The van der Waals surface area contributed by atoms with Crippen molar-refractivity contribution in [3.63, 3.8) is 0 Å². The van der Waals surface area contributed by atoms with E-state index in [4.69, 9.17) is 0 Å². The van der Waals surface area contributed by atoms with Crippen LogP contribution >= 0.6 is 0 Å². The van der Waals surface area contributed by atoms with Gasteiger partial charge in [-0.25, -0.2) is 4.98 Å². The SMILES string of the molecule is CC(C)(CO)C(CNc1cc(-c2ccccc2)nc2ncnn12)c1ccccc1. The van der Waals surface area contributed by atoms with Crippen LogP contribution in [0.25, 0.3) is 17.0 Å². The molecule has 2 N–H and O–H groups in total. The van der Waals surface area contributed by atoms with Gasteiger partial charge in [-0.05, 0) is 11.0 Å². The molecular formula is C23H25N5O. The smallest absolute Gasteiger partial charge is 0.254 e. The van der Waals surface area contributed by atoms with Gasteiger partial charge in [0.05, 0.1) is 5.69 Å². The molecule has 0 aliphatic rings. The van der Waals surface area contributed by atoms with Gasteiger partial charge in [-0.15, -0.1) is 0 Å². The molecule has 4 aromatic rings. The topological polar surface area (TPSA) is 75.3 Å². The van der Waals surface area contributed by atoms with E-state index in [9.17, 15) is 5.11 Å². The molecule has 6 heteroatoms. The molecule has 2 aromatic carbocycles. The highest BCUT2D eigenvalue weighted by atomic mass is 16.3. The summed E-state index contributed by atoms with van der Waals surface area (Å²) in [6.07, 6.45) is 1.51. The zero-order chi connectivity index (χ0) is 20.3. The first-order chi connectivity index (χ1) is 14.1. The molecule has 0 saturated carbocycles. The van der Waals surface area contributed by atoms with Gasteiger partial charge >= 0.3 is 0 Å². The molecule has 1 unspecified atom stereocenters. The van der Waals surface area contributed by atoms with E-state index in [0.717, 1.165) is 17.1 Å². The highest BCUT2D eigenvalue weighted by molar-refractivity contribution is 5.65. The molecule has 148 valence electrons. The Morgan fingerprint density at radius 1 is 1.03 bits per heavy atom. The van der Waals surface area contributed by atoms with E-state index in [0.29, 0.717) is 12.3 Å². The molecule has 0 bridgehead atoms. The molecule has 0 amide bonds. The van der Waals surface area contributed by atoms with Crippen LogP contribution < -0.4 is 5.32 Å². The minimum atomic E-state index is -0.287. The summed E-state index contributed by atoms with van der Waals surface area (Å²) in [7, 11) is 0. The van der Waals surface area contributed by atoms with Crippen LogP contribution in [-0.4, -0.2) is 37.8 Å². The number of hydrogen-bond acceptors (Lipinski definition) is 5. The van der Waals surface area contributed by atoms with Crippen LogP contribution in [0, 0.1) is 5.41 Å². The first-order valence-corrected chi connectivity index (χ1v) is 9.74. The quantitative estimate of drug-likeness (QED) is 0.501. The van der Waals surface area contributed by atoms with Crippen molar-refractivity contribution in [2.24, 2.45) is 5.41 Å². The lowest BCUT2D eigenvalue weighted by atomic mass is 9.75. The van der Waals surface area contributed by atoms with Crippen molar-refractivity contribution >= 4 is 11.6 Å². The second-order valence-electron chi connectivity index (χ2n) is 7.86. The third-order valence-electron chi connectivity index (χ3n) is 5.36. The van der Waals surface area contributed by atoms with Crippen molar-refractivity contribution in [3.05, 3.63) is 78.6 Å². The van der Waals surface area contributed by atoms with Crippen molar-refractivity contribution in [2.75, 3.05) is 18.5 Å². The van der Waals surface area contributed by atoms with Crippen LogP contribution in [0.3, 0.4) is 0 Å². The summed E-state index contributed by atoms with van der Waals surface area (Å²) >= 11 is 0. The molecule has 4 rings (SSSR count). The summed E-state index contributed by atoms with van der Waals surface area (Å²) in [4.78, 5) is 8.90. The maximum absolute atomic E-state index is 9.99. The van der Waals surface area contributed by atoms with Gasteiger partial charge in [0.2, 0.25) is 0 Å². The van der Waals surface area contributed by atoms with E-state index in [-0.39, 0.29) is 17.9 Å². The van der Waals surface area contributed by atoms with Crippen LogP contribution in [0.1, 0.15) is 25.3 Å². The standard InChI is InChI=1S/C23H25N5O/c1-23(2,15-29)19(17-9-5-3-6-10-17)14-24-21-13-20(18-11-7-4-8-12-18)27-22-25-16-26-28(21)22/h3-13,16,19,24,29H,14-15H2,1-2H3. The van der Waals surface area contributed by atoms with E-state index in [1.165, 1.54) is 11.9 Å². The van der Waals surface area contributed by atoms with E-state index in [2.05, 4.69) is 46.4 Å². The van der Waals surface area contributed by atoms with Crippen molar-refractivity contribution < 1.29 is 5.11 Å². The second-order valence-corrected chi connectivity index (χ2v) is 7.86. The molecule has 0 fully saturated rings. The fourth-order valence-electron chi connectivity index (χ4n) is 3.54. The van der Waals surface area contributed by atoms with Gasteiger partial charge in [0, 0.05) is 30.7 Å². The number of rotatable bonds is 7. The van der Waals surface area contributed by atoms with Crippen molar-refractivity contribution in [1.29, 1.82) is 0 Å². The number of aliphatic hydroxyl groups excluding tert-OH is 1. The maximum Gasteiger partial charge on any atom is 0.254 e. The first kappa shape index (κ1) is 19.1. The molecule has 0 aliphatic heterocycles. The normalized spacial score (nSPS) is 12.8. The number of nitrogens with one attached hydrogen (secondary N) is 1. The van der Waals surface area contributed by atoms with Gasteiger partial charge in [0.1, 0.15) is 12.1 Å². The van der Waals surface area contributed by atoms with Gasteiger partial charge in [-0.3, -0.25) is 0 Å².